The highest BCUT2D eigenvalue weighted by Gasteiger charge is 2.21. The van der Waals surface area contributed by atoms with Gasteiger partial charge in [-0.1, -0.05) is 65.0 Å². The Balaban J connectivity index is 0.000000581. The number of rotatable bonds is 2. The number of likely N-dealkylation sites (N-methyl/N-ethyl adjacent to an activating group) is 1. The highest BCUT2D eigenvalue weighted by atomic mass is 15.1. The van der Waals surface area contributed by atoms with Gasteiger partial charge in [-0.25, -0.2) is 0 Å². The lowest BCUT2D eigenvalue weighted by Crippen LogP contribution is -2.19. The Kier molecular flexibility index (Phi) is 9.84. The number of nitrogens with zero attached hydrogens (tertiary/aromatic N) is 1. The third kappa shape index (κ3) is 5.36. The van der Waals surface area contributed by atoms with E-state index in [1.165, 1.54) is 31.6 Å². The second-order valence-electron chi connectivity index (χ2n) is 3.79. The van der Waals surface area contributed by atoms with Gasteiger partial charge in [0.15, 0.2) is 0 Å². The normalized spacial score (nSPS) is 18.8. The van der Waals surface area contributed by atoms with Crippen molar-refractivity contribution in [1.82, 2.24) is 4.90 Å². The molecule has 1 fully saturated rings. The van der Waals surface area contributed by atoms with Crippen LogP contribution in [0.2, 0.25) is 0 Å². The minimum absolute atomic E-state index is 0.779. The molecule has 0 amide bonds. The predicted octanol–water partition coefficient (Wildman–Crippen LogP) is 4.55. The van der Waals surface area contributed by atoms with Crippen molar-refractivity contribution in [2.45, 2.75) is 47.0 Å². The molecule has 2 rings (SSSR count). The fourth-order valence-electron chi connectivity index (χ4n) is 2.12. The van der Waals surface area contributed by atoms with E-state index in [1.807, 2.05) is 27.7 Å². The van der Waals surface area contributed by atoms with Crippen molar-refractivity contribution in [2.75, 3.05) is 19.6 Å². The average Bonchev–Trinajstić information content (AvgIpc) is 2.93. The molecular weight excluding hydrogens is 206 g/mol. The first kappa shape index (κ1) is 16.2. The molecule has 0 aromatic heterocycles. The van der Waals surface area contributed by atoms with Crippen LogP contribution in [0.1, 0.15) is 52.5 Å². The van der Waals surface area contributed by atoms with Gasteiger partial charge in [-0.15, -0.1) is 0 Å². The summed E-state index contributed by atoms with van der Waals surface area (Å²) in [5.41, 5.74) is 1.51. The third-order valence-corrected chi connectivity index (χ3v) is 2.99. The van der Waals surface area contributed by atoms with Crippen molar-refractivity contribution >= 4 is 0 Å². The van der Waals surface area contributed by atoms with Gasteiger partial charge in [0.2, 0.25) is 0 Å². The molecule has 0 spiro atoms. The zero-order valence-electron chi connectivity index (χ0n) is 12.2. The minimum Gasteiger partial charge on any atom is -0.303 e. The Morgan fingerprint density at radius 2 is 1.65 bits per heavy atom. The van der Waals surface area contributed by atoms with Crippen molar-refractivity contribution in [1.29, 1.82) is 0 Å². The van der Waals surface area contributed by atoms with Crippen LogP contribution in [0.15, 0.2) is 30.3 Å². The molecule has 1 heterocycles. The molecule has 98 valence electrons. The zero-order chi connectivity index (χ0) is 13.1. The lowest BCUT2D eigenvalue weighted by molar-refractivity contribution is 0.354. The molecular formula is C16H29N. The fraction of sp³-hybridized carbons (Fsp3) is 0.625. The van der Waals surface area contributed by atoms with Crippen molar-refractivity contribution in [3.63, 3.8) is 0 Å². The summed E-state index contributed by atoms with van der Waals surface area (Å²) in [5, 5.41) is 0. The zero-order valence-corrected chi connectivity index (χ0v) is 12.2. The lowest BCUT2D eigenvalue weighted by atomic mass is 9.99. The number of hydrogen-bond donors (Lipinski definition) is 0. The molecule has 1 unspecified atom stereocenters. The van der Waals surface area contributed by atoms with E-state index in [0.29, 0.717) is 0 Å². The minimum atomic E-state index is 0.779. The third-order valence-electron chi connectivity index (χ3n) is 2.99. The molecule has 1 aromatic carbocycles. The summed E-state index contributed by atoms with van der Waals surface area (Å²) in [5.74, 6) is 0.779. The molecule has 1 aliphatic rings. The van der Waals surface area contributed by atoms with E-state index < -0.39 is 0 Å². The molecule has 17 heavy (non-hydrogen) atoms. The molecule has 1 aromatic rings. The smallest absolute Gasteiger partial charge is 0.00506 e. The van der Waals surface area contributed by atoms with Crippen molar-refractivity contribution < 1.29 is 0 Å². The highest BCUT2D eigenvalue weighted by Crippen LogP contribution is 2.26. The summed E-state index contributed by atoms with van der Waals surface area (Å²) in [7, 11) is 0. The monoisotopic (exact) mass is 235 g/mol. The Labute approximate surface area is 108 Å². The Bertz CT molecular complexity index is 255. The summed E-state index contributed by atoms with van der Waals surface area (Å²) in [6.07, 6.45) is 1.33. The summed E-state index contributed by atoms with van der Waals surface area (Å²) < 4.78 is 0. The molecule has 1 saturated heterocycles. The van der Waals surface area contributed by atoms with Gasteiger partial charge < -0.3 is 4.90 Å². The van der Waals surface area contributed by atoms with E-state index in [0.717, 1.165) is 5.92 Å². The first-order valence-corrected chi connectivity index (χ1v) is 7.17. The lowest BCUT2D eigenvalue weighted by Gasteiger charge is -2.12. The van der Waals surface area contributed by atoms with Crippen LogP contribution in [0.25, 0.3) is 0 Å². The maximum absolute atomic E-state index is 2.53. The van der Waals surface area contributed by atoms with Crippen LogP contribution in [0, 0.1) is 0 Å². The van der Waals surface area contributed by atoms with Gasteiger partial charge in [-0.3, -0.25) is 0 Å². The topological polar surface area (TPSA) is 3.24 Å². The van der Waals surface area contributed by atoms with E-state index in [4.69, 9.17) is 0 Å². The van der Waals surface area contributed by atoms with Crippen molar-refractivity contribution in [3.05, 3.63) is 35.9 Å². The van der Waals surface area contributed by atoms with Crippen LogP contribution in [0.4, 0.5) is 0 Å². The van der Waals surface area contributed by atoms with Crippen molar-refractivity contribution in [3.8, 4) is 0 Å². The molecule has 1 nitrogen and oxygen atoms in total. The molecule has 0 radical (unpaired) electrons. The van der Waals surface area contributed by atoms with Gasteiger partial charge in [0.25, 0.3) is 0 Å². The molecule has 0 bridgehead atoms. The van der Waals surface area contributed by atoms with Crippen LogP contribution in [-0.4, -0.2) is 24.5 Å². The van der Waals surface area contributed by atoms with Crippen LogP contribution >= 0.6 is 0 Å². The first-order chi connectivity index (χ1) is 8.40. The first-order valence-electron chi connectivity index (χ1n) is 7.17. The Morgan fingerprint density at radius 3 is 2.12 bits per heavy atom. The molecule has 0 aliphatic carbocycles. The molecule has 0 N–H and O–H groups in total. The molecule has 1 aliphatic heterocycles. The van der Waals surface area contributed by atoms with E-state index in [-0.39, 0.29) is 0 Å². The van der Waals surface area contributed by atoms with Crippen molar-refractivity contribution in [2.24, 2.45) is 0 Å². The summed E-state index contributed by atoms with van der Waals surface area (Å²) >= 11 is 0. The van der Waals surface area contributed by atoms with Gasteiger partial charge in [0.1, 0.15) is 0 Å². The molecule has 1 heteroatoms. The fourth-order valence-corrected chi connectivity index (χ4v) is 2.12. The molecule has 0 saturated carbocycles. The highest BCUT2D eigenvalue weighted by molar-refractivity contribution is 5.20. The van der Waals surface area contributed by atoms with Crippen LogP contribution in [0.3, 0.4) is 0 Å². The number of likely N-dealkylation sites (tertiary alicyclic amines) is 1. The van der Waals surface area contributed by atoms with Crippen LogP contribution in [0.5, 0.6) is 0 Å². The van der Waals surface area contributed by atoms with E-state index in [2.05, 4.69) is 42.2 Å². The summed E-state index contributed by atoms with van der Waals surface area (Å²) in [6, 6.07) is 10.9. The van der Waals surface area contributed by atoms with E-state index in [9.17, 15) is 0 Å². The van der Waals surface area contributed by atoms with Gasteiger partial charge in [0, 0.05) is 6.54 Å². The Hall–Kier alpha value is -0.820. The molecule has 1 atom stereocenters. The van der Waals surface area contributed by atoms with E-state index in [1.54, 1.807) is 0 Å². The standard InChI is InChI=1S/C12H17N.2C2H6/c1-2-13-9-8-12(10-13)11-6-4-3-5-7-11;2*1-2/h3-7,12H,2,8-10H2,1H3;2*1-2H3. The van der Waals surface area contributed by atoms with Crippen LogP contribution in [-0.2, 0) is 0 Å². The SMILES string of the molecule is CC.CC.CCN1CCC(c2ccccc2)C1. The maximum Gasteiger partial charge on any atom is 0.00506 e. The van der Waals surface area contributed by atoms with Gasteiger partial charge in [0.05, 0.1) is 0 Å². The predicted molar refractivity (Wildman–Crippen MR) is 78.6 cm³/mol. The number of benzene rings is 1. The largest absolute Gasteiger partial charge is 0.303 e. The van der Waals surface area contributed by atoms with Crippen LogP contribution < -0.4 is 0 Å². The van der Waals surface area contributed by atoms with Gasteiger partial charge in [-0.05, 0) is 31.0 Å². The second kappa shape index (κ2) is 10.3. The number of hydrogen-bond acceptors (Lipinski definition) is 1. The average molecular weight is 235 g/mol. The summed E-state index contributed by atoms with van der Waals surface area (Å²) in [4.78, 5) is 2.53. The van der Waals surface area contributed by atoms with Gasteiger partial charge >= 0.3 is 0 Å². The Morgan fingerprint density at radius 1 is 1.06 bits per heavy atom. The van der Waals surface area contributed by atoms with Gasteiger partial charge in [-0.2, -0.15) is 0 Å². The summed E-state index contributed by atoms with van der Waals surface area (Å²) in [6.45, 7) is 14.0. The maximum atomic E-state index is 2.53. The second-order valence-corrected chi connectivity index (χ2v) is 3.79. The van der Waals surface area contributed by atoms with E-state index >= 15 is 0 Å². The quantitative estimate of drug-likeness (QED) is 0.727.